The number of halogens is 1. The largest absolute Gasteiger partial charge is 0.378 e. The number of aryl methyl sites for hydroxylation is 1. The molecule has 0 spiro atoms. The zero-order valence-corrected chi connectivity index (χ0v) is 14.6. The summed E-state index contributed by atoms with van der Waals surface area (Å²) in [5, 5.41) is 3.26. The van der Waals surface area contributed by atoms with Crippen molar-refractivity contribution in [1.29, 1.82) is 0 Å². The highest BCUT2D eigenvalue weighted by Crippen LogP contribution is 2.35. The molecular formula is C18H27ClN2O2. The topological polar surface area (TPSA) is 41.6 Å². The van der Waals surface area contributed by atoms with Gasteiger partial charge in [0.2, 0.25) is 5.91 Å². The Morgan fingerprint density at radius 2 is 2.17 bits per heavy atom. The molecule has 1 aromatic carbocycles. The average molecular weight is 339 g/mol. The first kappa shape index (κ1) is 18.2. The van der Waals surface area contributed by atoms with Gasteiger partial charge in [0.25, 0.3) is 0 Å². The van der Waals surface area contributed by atoms with Crippen molar-refractivity contribution in [2.45, 2.75) is 32.2 Å². The van der Waals surface area contributed by atoms with Gasteiger partial charge in [0.15, 0.2) is 0 Å². The Morgan fingerprint density at radius 1 is 1.39 bits per heavy atom. The smallest absolute Gasteiger partial charge is 0.242 e. The molecule has 2 atom stereocenters. The van der Waals surface area contributed by atoms with Crippen molar-refractivity contribution in [3.8, 4) is 0 Å². The Kier molecular flexibility index (Phi) is 6.45. The maximum absolute atomic E-state index is 12.5. The van der Waals surface area contributed by atoms with E-state index in [2.05, 4.69) is 42.6 Å². The molecule has 2 heterocycles. The van der Waals surface area contributed by atoms with Gasteiger partial charge < -0.3 is 15.0 Å². The molecule has 2 fully saturated rings. The third-order valence-electron chi connectivity index (χ3n) is 4.95. The van der Waals surface area contributed by atoms with Crippen molar-refractivity contribution < 1.29 is 9.53 Å². The van der Waals surface area contributed by atoms with E-state index in [9.17, 15) is 4.79 Å². The van der Waals surface area contributed by atoms with Gasteiger partial charge in [0.05, 0.1) is 13.2 Å². The lowest BCUT2D eigenvalue weighted by molar-refractivity contribution is -0.135. The average Bonchev–Trinajstić information content (AvgIpc) is 2.97. The molecule has 0 saturated carbocycles. The van der Waals surface area contributed by atoms with Crippen LogP contribution in [0.5, 0.6) is 0 Å². The number of morpholine rings is 1. The molecule has 0 radical (unpaired) electrons. The van der Waals surface area contributed by atoms with E-state index in [4.69, 9.17) is 4.74 Å². The van der Waals surface area contributed by atoms with Crippen LogP contribution in [0.2, 0.25) is 0 Å². The molecule has 2 saturated heterocycles. The molecule has 5 heteroatoms. The van der Waals surface area contributed by atoms with Crippen molar-refractivity contribution in [2.24, 2.45) is 5.41 Å². The van der Waals surface area contributed by atoms with Crippen molar-refractivity contribution >= 4 is 18.3 Å². The van der Waals surface area contributed by atoms with Gasteiger partial charge in [-0.05, 0) is 30.2 Å². The quantitative estimate of drug-likeness (QED) is 0.915. The molecule has 1 aromatic rings. The van der Waals surface area contributed by atoms with E-state index in [1.54, 1.807) is 0 Å². The molecular weight excluding hydrogens is 312 g/mol. The van der Waals surface area contributed by atoms with Crippen LogP contribution in [-0.2, 0) is 16.0 Å². The predicted octanol–water partition coefficient (Wildman–Crippen LogP) is 2.27. The molecule has 128 valence electrons. The molecule has 2 aliphatic rings. The molecule has 4 nitrogen and oxygen atoms in total. The number of amides is 1. The number of likely N-dealkylation sites (tertiary alicyclic amines) is 1. The minimum atomic E-state index is -0.148. The van der Waals surface area contributed by atoms with Crippen molar-refractivity contribution in [3.05, 3.63) is 35.9 Å². The maximum atomic E-state index is 12.5. The van der Waals surface area contributed by atoms with Crippen LogP contribution in [0.4, 0.5) is 0 Å². The van der Waals surface area contributed by atoms with E-state index >= 15 is 0 Å². The fourth-order valence-electron chi connectivity index (χ4n) is 3.45. The van der Waals surface area contributed by atoms with Crippen LogP contribution in [0.15, 0.2) is 30.3 Å². The van der Waals surface area contributed by atoms with Gasteiger partial charge in [-0.15, -0.1) is 12.4 Å². The van der Waals surface area contributed by atoms with Gasteiger partial charge in [-0.2, -0.15) is 0 Å². The highest BCUT2D eigenvalue weighted by Gasteiger charge is 2.38. The summed E-state index contributed by atoms with van der Waals surface area (Å²) in [6, 6.07) is 10.5. The van der Waals surface area contributed by atoms with Gasteiger partial charge in [0.1, 0.15) is 6.04 Å². The number of carbonyl (C=O) groups is 1. The van der Waals surface area contributed by atoms with Crippen molar-refractivity contribution in [3.63, 3.8) is 0 Å². The van der Waals surface area contributed by atoms with E-state index in [1.165, 1.54) is 5.56 Å². The number of hydrogen-bond acceptors (Lipinski definition) is 3. The zero-order chi connectivity index (χ0) is 15.4. The standard InChI is InChI=1S/C18H26N2O2.ClH/c1-18(8-7-15-5-3-2-4-6-15)9-11-20(14-18)17(21)16-13-22-12-10-19-16;/h2-6,16,19H,7-14H2,1H3;1H. The summed E-state index contributed by atoms with van der Waals surface area (Å²) >= 11 is 0. The SMILES string of the molecule is CC1(CCc2ccccc2)CCN(C(=O)C2COCCN2)C1.Cl. The molecule has 1 amide bonds. The summed E-state index contributed by atoms with van der Waals surface area (Å²) in [5.41, 5.74) is 1.62. The second kappa shape index (κ2) is 8.13. The number of rotatable bonds is 4. The molecule has 1 N–H and O–H groups in total. The first-order valence-corrected chi connectivity index (χ1v) is 8.30. The van der Waals surface area contributed by atoms with Crippen LogP contribution in [0.1, 0.15) is 25.3 Å². The summed E-state index contributed by atoms with van der Waals surface area (Å²) in [7, 11) is 0. The van der Waals surface area contributed by atoms with Crippen LogP contribution < -0.4 is 5.32 Å². The van der Waals surface area contributed by atoms with Gasteiger partial charge >= 0.3 is 0 Å². The Morgan fingerprint density at radius 3 is 2.87 bits per heavy atom. The fraction of sp³-hybridized carbons (Fsp3) is 0.611. The Labute approximate surface area is 145 Å². The molecule has 2 unspecified atom stereocenters. The zero-order valence-electron chi connectivity index (χ0n) is 13.8. The highest BCUT2D eigenvalue weighted by atomic mass is 35.5. The third kappa shape index (κ3) is 4.69. The first-order valence-electron chi connectivity index (χ1n) is 8.30. The van der Waals surface area contributed by atoms with Crippen LogP contribution in [0, 0.1) is 5.41 Å². The van der Waals surface area contributed by atoms with Gasteiger partial charge in [-0.1, -0.05) is 37.3 Å². The molecule has 0 aromatic heterocycles. The number of nitrogens with zero attached hydrogens (tertiary/aromatic N) is 1. The van der Waals surface area contributed by atoms with Crippen molar-refractivity contribution in [2.75, 3.05) is 32.8 Å². The Bertz CT molecular complexity index is 505. The normalized spacial score (nSPS) is 27.5. The molecule has 0 bridgehead atoms. The van der Waals surface area contributed by atoms with Gasteiger partial charge in [-0.25, -0.2) is 0 Å². The minimum absolute atomic E-state index is 0. The summed E-state index contributed by atoms with van der Waals surface area (Å²) in [4.78, 5) is 14.6. The summed E-state index contributed by atoms with van der Waals surface area (Å²) in [5.74, 6) is 0.211. The number of nitrogens with one attached hydrogen (secondary N) is 1. The predicted molar refractivity (Wildman–Crippen MR) is 93.9 cm³/mol. The number of ether oxygens (including phenoxy) is 1. The number of hydrogen-bond donors (Lipinski definition) is 1. The van der Waals surface area contributed by atoms with E-state index in [-0.39, 0.29) is 29.8 Å². The maximum Gasteiger partial charge on any atom is 0.242 e. The lowest BCUT2D eigenvalue weighted by atomic mass is 9.83. The van der Waals surface area contributed by atoms with E-state index in [0.717, 1.165) is 38.9 Å². The monoisotopic (exact) mass is 338 g/mol. The molecule has 2 aliphatic heterocycles. The summed E-state index contributed by atoms with van der Waals surface area (Å²) < 4.78 is 5.41. The van der Waals surface area contributed by atoms with Gasteiger partial charge in [-0.3, -0.25) is 4.79 Å². The minimum Gasteiger partial charge on any atom is -0.378 e. The lowest BCUT2D eigenvalue weighted by Crippen LogP contribution is -2.52. The second-order valence-corrected chi connectivity index (χ2v) is 6.89. The lowest BCUT2D eigenvalue weighted by Gasteiger charge is -2.29. The molecule has 0 aliphatic carbocycles. The third-order valence-corrected chi connectivity index (χ3v) is 4.95. The van der Waals surface area contributed by atoms with Crippen LogP contribution >= 0.6 is 12.4 Å². The first-order chi connectivity index (χ1) is 10.7. The van der Waals surface area contributed by atoms with Gasteiger partial charge in [0, 0.05) is 19.6 Å². The van der Waals surface area contributed by atoms with Crippen LogP contribution in [-0.4, -0.2) is 49.7 Å². The van der Waals surface area contributed by atoms with E-state index in [0.29, 0.717) is 13.2 Å². The molecule has 3 rings (SSSR count). The number of carbonyl (C=O) groups excluding carboxylic acids is 1. The number of benzene rings is 1. The Hall–Kier alpha value is -1.10. The fourth-order valence-corrected chi connectivity index (χ4v) is 3.45. The van der Waals surface area contributed by atoms with Crippen molar-refractivity contribution in [1.82, 2.24) is 10.2 Å². The summed E-state index contributed by atoms with van der Waals surface area (Å²) in [6.45, 7) is 6.05. The summed E-state index contributed by atoms with van der Waals surface area (Å²) in [6.07, 6.45) is 3.32. The van der Waals surface area contributed by atoms with Crippen LogP contribution in [0.3, 0.4) is 0 Å². The van der Waals surface area contributed by atoms with E-state index in [1.807, 2.05) is 4.90 Å². The van der Waals surface area contributed by atoms with E-state index < -0.39 is 0 Å². The highest BCUT2D eigenvalue weighted by molar-refractivity contribution is 5.85. The molecule has 23 heavy (non-hydrogen) atoms. The van der Waals surface area contributed by atoms with Crippen LogP contribution in [0.25, 0.3) is 0 Å². The Balaban J connectivity index is 0.00000192. The second-order valence-electron chi connectivity index (χ2n) is 6.89.